The van der Waals surface area contributed by atoms with Crippen molar-refractivity contribution in [3.8, 4) is 5.75 Å². The Morgan fingerprint density at radius 2 is 1.94 bits per heavy atom. The normalized spacial score (nSPS) is 11.8. The van der Waals surface area contributed by atoms with Gasteiger partial charge in [0.25, 0.3) is 0 Å². The van der Waals surface area contributed by atoms with Crippen LogP contribution in [0.4, 0.5) is 0 Å². The van der Waals surface area contributed by atoms with Gasteiger partial charge < -0.3 is 10.1 Å². The largest absolute Gasteiger partial charge is 0.491 e. The van der Waals surface area contributed by atoms with E-state index in [9.17, 15) is 8.42 Å². The van der Waals surface area contributed by atoms with Gasteiger partial charge in [0, 0.05) is 12.6 Å². The molecule has 0 atom stereocenters. The molecule has 0 spiro atoms. The van der Waals surface area contributed by atoms with Crippen molar-refractivity contribution in [2.45, 2.75) is 31.7 Å². The van der Waals surface area contributed by atoms with Gasteiger partial charge in [-0.1, -0.05) is 32.9 Å². The summed E-state index contributed by atoms with van der Waals surface area (Å²) in [4.78, 5) is 0.275. The molecule has 1 N–H and O–H groups in total. The topological polar surface area (TPSA) is 55.4 Å². The van der Waals surface area contributed by atoms with Crippen LogP contribution >= 0.6 is 0 Å². The van der Waals surface area contributed by atoms with Crippen LogP contribution in [0.25, 0.3) is 0 Å². The molecule has 1 rings (SSSR count). The highest BCUT2D eigenvalue weighted by atomic mass is 32.2. The summed E-state index contributed by atoms with van der Waals surface area (Å²) in [6, 6.07) is 7.16. The van der Waals surface area contributed by atoms with E-state index in [1.807, 2.05) is 0 Å². The Kier molecular flexibility index (Phi) is 5.62. The molecule has 5 heteroatoms. The van der Waals surface area contributed by atoms with E-state index in [1.54, 1.807) is 31.2 Å². The molecule has 18 heavy (non-hydrogen) atoms. The van der Waals surface area contributed by atoms with Crippen LogP contribution in [0.1, 0.15) is 20.8 Å². The summed E-state index contributed by atoms with van der Waals surface area (Å²) in [5, 5.41) is 3.21. The van der Waals surface area contributed by atoms with Crippen molar-refractivity contribution in [2.24, 2.45) is 0 Å². The highest BCUT2D eigenvalue weighted by Crippen LogP contribution is 2.24. The number of hydrogen-bond donors (Lipinski definition) is 1. The molecule has 0 aliphatic carbocycles. The van der Waals surface area contributed by atoms with Crippen LogP contribution in [-0.4, -0.2) is 33.4 Å². The highest BCUT2D eigenvalue weighted by Gasteiger charge is 2.16. The molecule has 0 radical (unpaired) electrons. The van der Waals surface area contributed by atoms with Crippen molar-refractivity contribution >= 4 is 9.84 Å². The van der Waals surface area contributed by atoms with Gasteiger partial charge in [-0.25, -0.2) is 8.42 Å². The number of sulfone groups is 1. The van der Waals surface area contributed by atoms with Crippen molar-refractivity contribution < 1.29 is 13.2 Å². The lowest BCUT2D eigenvalue weighted by atomic mass is 10.3. The summed E-state index contributed by atoms with van der Waals surface area (Å²) in [5.74, 6) is 0.516. The van der Waals surface area contributed by atoms with Crippen LogP contribution in [0, 0.1) is 0 Å². The summed E-state index contributed by atoms with van der Waals surface area (Å²) in [6.07, 6.45) is 0. The molecule has 0 bridgehead atoms. The second kappa shape index (κ2) is 6.75. The lowest BCUT2D eigenvalue weighted by Crippen LogP contribution is -2.27. The van der Waals surface area contributed by atoms with E-state index in [-0.39, 0.29) is 10.6 Å². The summed E-state index contributed by atoms with van der Waals surface area (Å²) >= 11 is 0. The van der Waals surface area contributed by atoms with E-state index in [4.69, 9.17) is 4.74 Å². The Labute approximate surface area is 109 Å². The molecule has 1 aromatic rings. The van der Waals surface area contributed by atoms with Gasteiger partial charge in [0.2, 0.25) is 0 Å². The summed E-state index contributed by atoms with van der Waals surface area (Å²) < 4.78 is 29.3. The van der Waals surface area contributed by atoms with Gasteiger partial charge in [0.05, 0.1) is 5.75 Å². The number of hydrogen-bond acceptors (Lipinski definition) is 4. The molecule has 0 unspecified atom stereocenters. The zero-order chi connectivity index (χ0) is 13.6. The zero-order valence-corrected chi connectivity index (χ0v) is 12.0. The van der Waals surface area contributed by atoms with E-state index >= 15 is 0 Å². The van der Waals surface area contributed by atoms with Gasteiger partial charge >= 0.3 is 0 Å². The first kappa shape index (κ1) is 15.0. The first-order valence-corrected chi connectivity index (χ1v) is 7.80. The SMILES string of the molecule is CCS(=O)(=O)c1ccccc1OCCNC(C)C. The molecule has 0 aliphatic rings. The Morgan fingerprint density at radius 3 is 2.56 bits per heavy atom. The van der Waals surface area contributed by atoms with Crippen LogP contribution in [0.2, 0.25) is 0 Å². The fourth-order valence-electron chi connectivity index (χ4n) is 1.49. The molecular weight excluding hydrogens is 250 g/mol. The molecule has 0 fully saturated rings. The fraction of sp³-hybridized carbons (Fsp3) is 0.538. The number of para-hydroxylation sites is 1. The third-order valence-electron chi connectivity index (χ3n) is 2.48. The number of ether oxygens (including phenoxy) is 1. The lowest BCUT2D eigenvalue weighted by Gasteiger charge is -2.12. The predicted octanol–water partition coefficient (Wildman–Crippen LogP) is 1.86. The van der Waals surface area contributed by atoms with Gasteiger partial charge in [-0.15, -0.1) is 0 Å². The molecule has 4 nitrogen and oxygen atoms in total. The van der Waals surface area contributed by atoms with Crippen molar-refractivity contribution in [3.05, 3.63) is 24.3 Å². The minimum Gasteiger partial charge on any atom is -0.491 e. The summed E-state index contributed by atoms with van der Waals surface area (Å²) in [6.45, 7) is 6.88. The van der Waals surface area contributed by atoms with E-state index < -0.39 is 9.84 Å². The van der Waals surface area contributed by atoms with Crippen molar-refractivity contribution in [2.75, 3.05) is 18.9 Å². The zero-order valence-electron chi connectivity index (χ0n) is 11.1. The van der Waals surface area contributed by atoms with E-state index in [0.717, 1.165) is 0 Å². The Morgan fingerprint density at radius 1 is 1.28 bits per heavy atom. The molecule has 0 saturated heterocycles. The molecule has 0 aliphatic heterocycles. The molecule has 0 saturated carbocycles. The first-order valence-electron chi connectivity index (χ1n) is 6.15. The van der Waals surface area contributed by atoms with Gasteiger partial charge in [0.15, 0.2) is 9.84 Å². The lowest BCUT2D eigenvalue weighted by molar-refractivity contribution is 0.301. The van der Waals surface area contributed by atoms with Crippen LogP contribution < -0.4 is 10.1 Å². The summed E-state index contributed by atoms with van der Waals surface area (Å²) in [5.41, 5.74) is 0. The maximum absolute atomic E-state index is 11.9. The van der Waals surface area contributed by atoms with Gasteiger partial charge in [-0.2, -0.15) is 0 Å². The van der Waals surface area contributed by atoms with E-state index in [2.05, 4.69) is 19.2 Å². The van der Waals surface area contributed by atoms with Gasteiger partial charge in [-0.05, 0) is 12.1 Å². The van der Waals surface area contributed by atoms with Crippen LogP contribution in [-0.2, 0) is 9.84 Å². The van der Waals surface area contributed by atoms with Gasteiger partial charge in [-0.3, -0.25) is 0 Å². The minimum atomic E-state index is -3.23. The molecule has 1 aromatic carbocycles. The maximum atomic E-state index is 11.9. The first-order chi connectivity index (χ1) is 8.47. The predicted molar refractivity (Wildman–Crippen MR) is 72.8 cm³/mol. The average Bonchev–Trinajstić information content (AvgIpc) is 2.35. The van der Waals surface area contributed by atoms with Crippen molar-refractivity contribution in [1.29, 1.82) is 0 Å². The molecule has 102 valence electrons. The quantitative estimate of drug-likeness (QED) is 0.769. The standard InChI is InChI=1S/C13H21NO3S/c1-4-18(15,16)13-8-6-5-7-12(13)17-10-9-14-11(2)3/h5-8,11,14H,4,9-10H2,1-3H3. The number of benzene rings is 1. The Hall–Kier alpha value is -1.07. The van der Waals surface area contributed by atoms with Crippen molar-refractivity contribution in [1.82, 2.24) is 5.32 Å². The Bertz CT molecular complexity index is 469. The third kappa shape index (κ3) is 4.31. The molecule has 0 aromatic heterocycles. The second-order valence-electron chi connectivity index (χ2n) is 4.31. The minimum absolute atomic E-state index is 0.0810. The van der Waals surface area contributed by atoms with Crippen molar-refractivity contribution in [3.63, 3.8) is 0 Å². The number of nitrogens with one attached hydrogen (secondary N) is 1. The number of rotatable bonds is 7. The third-order valence-corrected chi connectivity index (χ3v) is 4.24. The molecule has 0 heterocycles. The van der Waals surface area contributed by atoms with E-state index in [0.29, 0.717) is 24.9 Å². The molecule has 0 amide bonds. The van der Waals surface area contributed by atoms with Gasteiger partial charge in [0.1, 0.15) is 17.3 Å². The summed E-state index contributed by atoms with van der Waals surface area (Å²) in [7, 11) is -3.23. The Balaban J connectivity index is 2.72. The molecular formula is C13H21NO3S. The average molecular weight is 271 g/mol. The van der Waals surface area contributed by atoms with Crippen LogP contribution in [0.5, 0.6) is 5.75 Å². The maximum Gasteiger partial charge on any atom is 0.181 e. The second-order valence-corrected chi connectivity index (χ2v) is 6.55. The smallest absolute Gasteiger partial charge is 0.181 e. The van der Waals surface area contributed by atoms with Crippen LogP contribution in [0.3, 0.4) is 0 Å². The van der Waals surface area contributed by atoms with E-state index in [1.165, 1.54) is 0 Å². The van der Waals surface area contributed by atoms with Crippen LogP contribution in [0.15, 0.2) is 29.2 Å². The highest BCUT2D eigenvalue weighted by molar-refractivity contribution is 7.91. The monoisotopic (exact) mass is 271 g/mol. The fourth-order valence-corrected chi connectivity index (χ4v) is 2.52.